The Bertz CT molecular complexity index is 585. The van der Waals surface area contributed by atoms with Crippen molar-refractivity contribution in [2.45, 2.75) is 64.1 Å². The highest BCUT2D eigenvalue weighted by molar-refractivity contribution is 5.78. The predicted octanol–water partition coefficient (Wildman–Crippen LogP) is 2.97. The van der Waals surface area contributed by atoms with Crippen molar-refractivity contribution in [2.24, 2.45) is 5.92 Å². The molecule has 4 nitrogen and oxygen atoms in total. The molecule has 1 N–H and O–H groups in total. The standard InChI is InChI=1S/C21H32N2O2/c1-15(2)19-13-23-12-17(10-18(23)14-25-19)22-20(24)11-21(3,4)16-8-6-5-7-9-16/h5-9,15,17-19H,10-14H2,1-4H3,(H,22,24)/t17-,18-,19+/m0/s1. The second-order valence-electron chi connectivity index (χ2n) is 8.65. The molecule has 4 heteroatoms. The van der Waals surface area contributed by atoms with E-state index in [0.717, 1.165) is 26.1 Å². The van der Waals surface area contributed by atoms with Crippen LogP contribution in [0.15, 0.2) is 30.3 Å². The zero-order chi connectivity index (χ0) is 18.0. The van der Waals surface area contributed by atoms with E-state index >= 15 is 0 Å². The summed E-state index contributed by atoms with van der Waals surface area (Å²) in [6.07, 6.45) is 1.84. The molecular weight excluding hydrogens is 312 g/mol. The Morgan fingerprint density at radius 3 is 2.68 bits per heavy atom. The lowest BCUT2D eigenvalue weighted by Crippen LogP contribution is -2.48. The molecule has 0 spiro atoms. The van der Waals surface area contributed by atoms with E-state index in [1.807, 2.05) is 18.2 Å². The van der Waals surface area contributed by atoms with Gasteiger partial charge < -0.3 is 10.1 Å². The number of hydrogen-bond acceptors (Lipinski definition) is 3. The van der Waals surface area contributed by atoms with Crippen LogP contribution in [-0.2, 0) is 14.9 Å². The Balaban J connectivity index is 1.53. The highest BCUT2D eigenvalue weighted by Crippen LogP contribution is 2.28. The van der Waals surface area contributed by atoms with Crippen LogP contribution in [0.1, 0.15) is 46.1 Å². The van der Waals surface area contributed by atoms with Gasteiger partial charge in [0.05, 0.1) is 12.7 Å². The van der Waals surface area contributed by atoms with Crippen LogP contribution in [0.4, 0.5) is 0 Å². The van der Waals surface area contributed by atoms with Gasteiger partial charge in [0.15, 0.2) is 0 Å². The summed E-state index contributed by atoms with van der Waals surface area (Å²) in [5.41, 5.74) is 1.06. The molecule has 3 atom stereocenters. The number of hydrogen-bond donors (Lipinski definition) is 1. The van der Waals surface area contributed by atoms with E-state index in [1.165, 1.54) is 5.56 Å². The maximum Gasteiger partial charge on any atom is 0.221 e. The number of ether oxygens (including phenoxy) is 1. The molecular formula is C21H32N2O2. The van der Waals surface area contributed by atoms with Crippen molar-refractivity contribution in [1.82, 2.24) is 10.2 Å². The van der Waals surface area contributed by atoms with E-state index in [9.17, 15) is 4.79 Å². The molecule has 2 saturated heterocycles. The average molecular weight is 344 g/mol. The van der Waals surface area contributed by atoms with Gasteiger partial charge in [-0.15, -0.1) is 0 Å². The molecule has 2 aliphatic rings. The fourth-order valence-electron chi connectivity index (χ4n) is 4.08. The monoisotopic (exact) mass is 344 g/mol. The normalized spacial score (nSPS) is 27.3. The number of fused-ring (bicyclic) bond motifs is 1. The van der Waals surface area contributed by atoms with Crippen LogP contribution < -0.4 is 5.32 Å². The van der Waals surface area contributed by atoms with Gasteiger partial charge in [-0.1, -0.05) is 58.0 Å². The van der Waals surface area contributed by atoms with Crippen LogP contribution in [-0.4, -0.2) is 48.7 Å². The average Bonchev–Trinajstić information content (AvgIpc) is 2.96. The van der Waals surface area contributed by atoms with Gasteiger partial charge in [0.2, 0.25) is 5.91 Å². The number of morpholine rings is 1. The molecule has 0 aliphatic carbocycles. The van der Waals surface area contributed by atoms with E-state index in [0.29, 0.717) is 24.5 Å². The van der Waals surface area contributed by atoms with Gasteiger partial charge in [-0.25, -0.2) is 0 Å². The molecule has 2 aliphatic heterocycles. The topological polar surface area (TPSA) is 41.6 Å². The van der Waals surface area contributed by atoms with E-state index in [4.69, 9.17) is 4.74 Å². The lowest BCUT2D eigenvalue weighted by atomic mass is 9.81. The van der Waals surface area contributed by atoms with Crippen molar-refractivity contribution in [2.75, 3.05) is 19.7 Å². The fraction of sp³-hybridized carbons (Fsp3) is 0.667. The minimum atomic E-state index is -0.150. The zero-order valence-corrected chi connectivity index (χ0v) is 16.0. The van der Waals surface area contributed by atoms with Crippen molar-refractivity contribution >= 4 is 5.91 Å². The summed E-state index contributed by atoms with van der Waals surface area (Å²) in [6, 6.07) is 11.0. The summed E-state index contributed by atoms with van der Waals surface area (Å²) in [7, 11) is 0. The van der Waals surface area contributed by atoms with Gasteiger partial charge >= 0.3 is 0 Å². The number of carbonyl (C=O) groups excluding carboxylic acids is 1. The largest absolute Gasteiger partial charge is 0.375 e. The number of carbonyl (C=O) groups is 1. The van der Waals surface area contributed by atoms with Crippen LogP contribution in [0.5, 0.6) is 0 Å². The zero-order valence-electron chi connectivity index (χ0n) is 16.0. The second kappa shape index (κ2) is 7.46. The molecule has 2 heterocycles. The quantitative estimate of drug-likeness (QED) is 0.893. The first-order valence-electron chi connectivity index (χ1n) is 9.55. The number of nitrogens with one attached hydrogen (secondary N) is 1. The van der Waals surface area contributed by atoms with Crippen molar-refractivity contribution in [3.8, 4) is 0 Å². The molecule has 0 radical (unpaired) electrons. The molecule has 0 bridgehead atoms. The Kier molecular flexibility index (Phi) is 5.49. The highest BCUT2D eigenvalue weighted by atomic mass is 16.5. The minimum absolute atomic E-state index is 0.150. The van der Waals surface area contributed by atoms with Crippen LogP contribution in [0, 0.1) is 5.92 Å². The van der Waals surface area contributed by atoms with Crippen molar-refractivity contribution in [3.63, 3.8) is 0 Å². The first-order chi connectivity index (χ1) is 11.8. The lowest BCUT2D eigenvalue weighted by molar-refractivity contribution is -0.122. The summed E-state index contributed by atoms with van der Waals surface area (Å²) < 4.78 is 5.99. The lowest BCUT2D eigenvalue weighted by Gasteiger charge is -2.36. The van der Waals surface area contributed by atoms with Gasteiger partial charge in [0.1, 0.15) is 0 Å². The van der Waals surface area contributed by atoms with Crippen molar-refractivity contribution in [3.05, 3.63) is 35.9 Å². The molecule has 25 heavy (non-hydrogen) atoms. The minimum Gasteiger partial charge on any atom is -0.375 e. The smallest absolute Gasteiger partial charge is 0.221 e. The molecule has 1 aromatic carbocycles. The maximum atomic E-state index is 12.6. The summed E-state index contributed by atoms with van der Waals surface area (Å²) >= 11 is 0. The van der Waals surface area contributed by atoms with E-state index in [-0.39, 0.29) is 17.4 Å². The third-order valence-electron chi connectivity index (χ3n) is 5.71. The summed E-state index contributed by atoms with van der Waals surface area (Å²) in [5, 5.41) is 3.27. The molecule has 1 amide bonds. The van der Waals surface area contributed by atoms with Crippen molar-refractivity contribution in [1.29, 1.82) is 0 Å². The Labute approximate surface area is 151 Å². The van der Waals surface area contributed by atoms with Gasteiger partial charge in [-0.05, 0) is 23.3 Å². The molecule has 3 rings (SSSR count). The first-order valence-corrected chi connectivity index (χ1v) is 9.55. The summed E-state index contributed by atoms with van der Waals surface area (Å²) in [4.78, 5) is 15.1. The third kappa shape index (κ3) is 4.42. The number of benzene rings is 1. The van der Waals surface area contributed by atoms with Gasteiger partial charge in [0.25, 0.3) is 0 Å². The van der Waals surface area contributed by atoms with Crippen LogP contribution >= 0.6 is 0 Å². The molecule has 138 valence electrons. The number of nitrogens with zero attached hydrogens (tertiary/aromatic N) is 1. The number of amides is 1. The molecule has 0 unspecified atom stereocenters. The van der Waals surface area contributed by atoms with Crippen LogP contribution in [0.2, 0.25) is 0 Å². The van der Waals surface area contributed by atoms with E-state index < -0.39 is 0 Å². The molecule has 1 aromatic rings. The predicted molar refractivity (Wildman–Crippen MR) is 101 cm³/mol. The van der Waals surface area contributed by atoms with Gasteiger partial charge in [-0.3, -0.25) is 9.69 Å². The van der Waals surface area contributed by atoms with E-state index in [2.05, 4.69) is 50.0 Å². The number of rotatable bonds is 5. The highest BCUT2D eigenvalue weighted by Gasteiger charge is 2.38. The van der Waals surface area contributed by atoms with Gasteiger partial charge in [0, 0.05) is 31.6 Å². The maximum absolute atomic E-state index is 12.6. The fourth-order valence-corrected chi connectivity index (χ4v) is 4.08. The van der Waals surface area contributed by atoms with E-state index in [1.54, 1.807) is 0 Å². The first kappa shape index (κ1) is 18.4. The Morgan fingerprint density at radius 1 is 1.28 bits per heavy atom. The summed E-state index contributed by atoms with van der Waals surface area (Å²) in [6.45, 7) is 11.4. The molecule has 0 aromatic heterocycles. The molecule has 2 fully saturated rings. The molecule has 0 saturated carbocycles. The van der Waals surface area contributed by atoms with Crippen LogP contribution in [0.25, 0.3) is 0 Å². The second-order valence-corrected chi connectivity index (χ2v) is 8.65. The SMILES string of the molecule is CC(C)[C@H]1CN2C[C@@H](NC(=O)CC(C)(C)c3ccccc3)C[C@H]2CO1. The third-order valence-corrected chi connectivity index (χ3v) is 5.71. The van der Waals surface area contributed by atoms with Crippen molar-refractivity contribution < 1.29 is 9.53 Å². The Hall–Kier alpha value is -1.39. The van der Waals surface area contributed by atoms with Gasteiger partial charge in [-0.2, -0.15) is 0 Å². The van der Waals surface area contributed by atoms with Crippen LogP contribution in [0.3, 0.4) is 0 Å². The summed E-state index contributed by atoms with van der Waals surface area (Å²) in [5.74, 6) is 0.696. The Morgan fingerprint density at radius 2 is 2.00 bits per heavy atom.